The molecule has 5 N–H and O–H groups in total. The van der Waals surface area contributed by atoms with Crippen molar-refractivity contribution in [1.29, 1.82) is 0 Å². The maximum Gasteiger partial charge on any atom is 0.261 e. The molecule has 0 atom stereocenters. The van der Waals surface area contributed by atoms with Crippen LogP contribution in [0.15, 0.2) is 58.5 Å². The number of fused-ring (bicyclic) bond motifs is 4. The van der Waals surface area contributed by atoms with Crippen molar-refractivity contribution in [3.05, 3.63) is 69.3 Å². The normalized spacial score (nSPS) is 11.2. The Morgan fingerprint density at radius 3 is 1.57 bits per heavy atom. The van der Waals surface area contributed by atoms with Crippen LogP contribution in [0.5, 0.6) is 23.0 Å². The Hall–Kier alpha value is -2.50. The molecule has 2 aliphatic rings. The fraction of sp³-hybridized carbons (Fsp3) is 0.250. The number of nitrogens with one attached hydrogen (secondary N) is 1. The largest absolute Gasteiger partial charge is 0.451 e. The van der Waals surface area contributed by atoms with Crippen molar-refractivity contribution in [2.24, 2.45) is 15.7 Å². The minimum atomic E-state index is -3.67. The molecular weight excluding hydrogens is 607 g/mol. The van der Waals surface area contributed by atoms with E-state index in [9.17, 15) is 8.42 Å². The number of benzene rings is 3. The Labute approximate surface area is 246 Å². The molecule has 0 aliphatic carbocycles. The lowest BCUT2D eigenvalue weighted by Gasteiger charge is -2.20. The molecule has 220 valence electrons. The van der Waals surface area contributed by atoms with Crippen LogP contribution in [-0.4, -0.2) is 51.4 Å². The van der Waals surface area contributed by atoms with Gasteiger partial charge in [0.25, 0.3) is 10.1 Å². The molecule has 0 amide bonds. The van der Waals surface area contributed by atoms with Gasteiger partial charge < -0.3 is 20.5 Å². The number of nitrogens with two attached hydrogens (primary N) is 1. The molecule has 12 nitrogen and oxygen atoms in total. The van der Waals surface area contributed by atoms with E-state index in [4.69, 9.17) is 42.5 Å². The third-order valence-corrected chi connectivity index (χ3v) is 5.21. The third kappa shape index (κ3) is 10.8. The Morgan fingerprint density at radius 1 is 0.950 bits per heavy atom. The summed E-state index contributed by atoms with van der Waals surface area (Å²) in [7, 11) is -0.236. The molecular formula is C24H30Cl2N4O8S2. The van der Waals surface area contributed by atoms with Crippen molar-refractivity contribution in [1.82, 2.24) is 5.32 Å². The van der Waals surface area contributed by atoms with Gasteiger partial charge in [-0.05, 0) is 44.9 Å². The van der Waals surface area contributed by atoms with E-state index in [2.05, 4.69) is 37.3 Å². The average Bonchev–Trinajstić information content (AvgIpc) is 2.95. The van der Waals surface area contributed by atoms with Crippen LogP contribution in [0, 0.1) is 0 Å². The van der Waals surface area contributed by atoms with E-state index in [1.807, 2.05) is 55.6 Å². The van der Waals surface area contributed by atoms with Gasteiger partial charge >= 0.3 is 0 Å². The summed E-state index contributed by atoms with van der Waals surface area (Å²) in [4.78, 5) is 9.14. The Bertz CT molecular complexity index is 1380. The van der Waals surface area contributed by atoms with Gasteiger partial charge in [-0.25, -0.2) is 15.2 Å². The molecule has 40 heavy (non-hydrogen) atoms. The van der Waals surface area contributed by atoms with E-state index < -0.39 is 10.1 Å². The molecule has 0 saturated heterocycles. The highest BCUT2D eigenvalue weighted by Gasteiger charge is 2.26. The zero-order chi connectivity index (χ0) is 30.3. The lowest BCUT2D eigenvalue weighted by atomic mass is 10.2. The molecule has 0 radical (unpaired) electrons. The first-order valence-corrected chi connectivity index (χ1v) is 15.0. The molecule has 3 aromatic carbocycles. The van der Waals surface area contributed by atoms with Crippen LogP contribution < -0.4 is 31.2 Å². The van der Waals surface area contributed by atoms with Crippen molar-refractivity contribution < 1.29 is 37.1 Å². The number of hydrogen-bond acceptors (Lipinski definition) is 12. The zero-order valence-corrected chi connectivity index (χ0v) is 25.4. The summed E-state index contributed by atoms with van der Waals surface area (Å²) in [5.41, 5.74) is 5.88. The van der Waals surface area contributed by atoms with Crippen LogP contribution in [0.3, 0.4) is 0 Å². The summed E-state index contributed by atoms with van der Waals surface area (Å²) >= 11 is 14.0. The van der Waals surface area contributed by atoms with Crippen molar-refractivity contribution in [2.75, 3.05) is 33.2 Å². The molecule has 2 heterocycles. The van der Waals surface area contributed by atoms with Gasteiger partial charge in [-0.15, -0.1) is 4.33 Å². The Kier molecular flexibility index (Phi) is 16.0. The van der Waals surface area contributed by atoms with Gasteiger partial charge in [-0.1, -0.05) is 59.4 Å². The summed E-state index contributed by atoms with van der Waals surface area (Å²) < 4.78 is 41.5. The highest BCUT2D eigenvalue weighted by molar-refractivity contribution is 7.93. The van der Waals surface area contributed by atoms with E-state index in [0.717, 1.165) is 18.6 Å². The van der Waals surface area contributed by atoms with E-state index in [1.165, 1.54) is 7.05 Å². The van der Waals surface area contributed by atoms with Gasteiger partial charge in [-0.3, -0.25) is 4.55 Å². The molecule has 2 aliphatic heterocycles. The third-order valence-electron chi connectivity index (χ3n) is 4.32. The highest BCUT2D eigenvalue weighted by atomic mass is 35.5. The van der Waals surface area contributed by atoms with Crippen LogP contribution in [0.25, 0.3) is 0 Å². The van der Waals surface area contributed by atoms with E-state index >= 15 is 0 Å². The maximum absolute atomic E-state index is 9.19. The van der Waals surface area contributed by atoms with Crippen molar-refractivity contribution in [2.45, 2.75) is 6.92 Å². The minimum Gasteiger partial charge on any atom is -0.451 e. The quantitative estimate of drug-likeness (QED) is 0.0897. The molecule has 0 bridgehead atoms. The van der Waals surface area contributed by atoms with Crippen LogP contribution in [0.2, 0.25) is 10.0 Å². The van der Waals surface area contributed by atoms with E-state index in [1.54, 1.807) is 6.26 Å². The molecule has 5 rings (SSSR count). The van der Waals surface area contributed by atoms with Crippen molar-refractivity contribution >= 4 is 56.7 Å². The van der Waals surface area contributed by atoms with Crippen LogP contribution in [0.4, 0.5) is 11.4 Å². The Balaban J connectivity index is 0.000000418. The standard InChI is InChI=1S/C18H8Cl2N2O2.C3H9N.CH5N.2CH4O3S/c19-13-15-17(23-11-7-3-1-5-9(11)21-15)14(20)16-18(13)24-12-8-4-2-6-10(12)22-16;1-3-4-2;1-2;1-5(2,3)4;1-5-4-3-2/h1-8H;4H,3H2,1-2H3;2H2,1H3;1H3,(H,2,3,4);2H,1H3. The molecule has 0 saturated carbocycles. The number of ether oxygens (including phenoxy) is 2. The van der Waals surface area contributed by atoms with Crippen LogP contribution in [-0.2, 0) is 19.5 Å². The fourth-order valence-electron chi connectivity index (χ4n) is 2.77. The van der Waals surface area contributed by atoms with Crippen LogP contribution >= 0.6 is 35.2 Å². The van der Waals surface area contributed by atoms with E-state index in [-0.39, 0.29) is 0 Å². The first kappa shape index (κ1) is 35.5. The average molecular weight is 638 g/mol. The van der Waals surface area contributed by atoms with Gasteiger partial charge in [0.2, 0.25) is 0 Å². The molecule has 0 aromatic heterocycles. The number of nitrogens with zero attached hydrogens (tertiary/aromatic N) is 2. The molecule has 0 spiro atoms. The minimum absolute atomic E-state index is 0.331. The zero-order valence-electron chi connectivity index (χ0n) is 22.2. The van der Waals surface area contributed by atoms with Gasteiger partial charge in [0.15, 0.2) is 23.0 Å². The maximum atomic E-state index is 9.19. The topological polar surface area (TPSA) is 174 Å². The second-order valence-electron chi connectivity index (χ2n) is 7.10. The van der Waals surface area contributed by atoms with Gasteiger partial charge in [0.05, 0.1) is 6.26 Å². The summed E-state index contributed by atoms with van der Waals surface area (Å²) in [6.07, 6.45) is 2.34. The number of para-hydroxylation sites is 4. The summed E-state index contributed by atoms with van der Waals surface area (Å²) in [5.74, 6) is 2.04. The van der Waals surface area contributed by atoms with E-state index in [0.29, 0.717) is 61.4 Å². The number of halogens is 2. The Morgan fingerprint density at radius 2 is 1.30 bits per heavy atom. The monoisotopic (exact) mass is 636 g/mol. The lowest BCUT2D eigenvalue weighted by molar-refractivity contribution is -0.432. The summed E-state index contributed by atoms with van der Waals surface area (Å²) in [6.45, 7) is 3.14. The summed E-state index contributed by atoms with van der Waals surface area (Å²) in [6, 6.07) is 14.9. The highest BCUT2D eigenvalue weighted by Crippen LogP contribution is 2.42. The molecule has 0 unspecified atom stereocenters. The van der Waals surface area contributed by atoms with Gasteiger partial charge in [-0.2, -0.15) is 8.42 Å². The van der Waals surface area contributed by atoms with Gasteiger partial charge in [0.1, 0.15) is 32.1 Å². The number of rotatable bonds is 3. The lowest BCUT2D eigenvalue weighted by Crippen LogP contribution is -2.22. The molecule has 3 aromatic rings. The van der Waals surface area contributed by atoms with Gasteiger partial charge in [0, 0.05) is 18.3 Å². The SMILES string of the molecule is CCNC.CN.CS(=O)(=O)O.CSOOO.Clc1c2c(c(Cl)c3c1=Nc1ccccc1O3)=Nc1ccccc1O2. The smallest absolute Gasteiger partial charge is 0.261 e. The second-order valence-corrected chi connectivity index (χ2v) is 9.79. The first-order chi connectivity index (χ1) is 19.0. The predicted molar refractivity (Wildman–Crippen MR) is 157 cm³/mol. The number of hydrogen-bond donors (Lipinski definition) is 4. The predicted octanol–water partition coefficient (Wildman–Crippen LogP) is 5.10. The van der Waals surface area contributed by atoms with Crippen molar-refractivity contribution in [3.8, 4) is 23.0 Å². The van der Waals surface area contributed by atoms with Crippen molar-refractivity contribution in [3.63, 3.8) is 0 Å². The van der Waals surface area contributed by atoms with Crippen LogP contribution in [0.1, 0.15) is 6.92 Å². The second kappa shape index (κ2) is 18.0. The first-order valence-electron chi connectivity index (χ1n) is 11.2. The molecule has 16 heteroatoms. The summed E-state index contributed by atoms with van der Waals surface area (Å²) in [5, 5.41) is 15.0. The fourth-order valence-corrected chi connectivity index (χ4v) is 3.34. The molecule has 0 fully saturated rings.